The summed E-state index contributed by atoms with van der Waals surface area (Å²) in [5.41, 5.74) is 2.41. The molecule has 0 aliphatic rings. The number of hydrogen-bond acceptors (Lipinski definition) is 3. The summed E-state index contributed by atoms with van der Waals surface area (Å²) in [5.74, 6) is 0.945. The van der Waals surface area contributed by atoms with Gasteiger partial charge in [0.25, 0.3) is 0 Å². The molecule has 2 nitrogen and oxygen atoms in total. The van der Waals surface area contributed by atoms with E-state index in [1.54, 1.807) is 11.3 Å². The minimum atomic E-state index is 0.776. The van der Waals surface area contributed by atoms with Crippen molar-refractivity contribution in [1.29, 1.82) is 0 Å². The highest BCUT2D eigenvalue weighted by Gasteiger charge is 1.99. The lowest BCUT2D eigenvalue weighted by Crippen LogP contribution is -1.99. The zero-order valence-corrected chi connectivity index (χ0v) is 13.0. The van der Waals surface area contributed by atoms with Gasteiger partial charge in [-0.15, -0.1) is 11.3 Å². The van der Waals surface area contributed by atoms with Crippen LogP contribution in [0.5, 0.6) is 5.75 Å². The fourth-order valence-corrected chi connectivity index (χ4v) is 2.98. The van der Waals surface area contributed by atoms with Gasteiger partial charge in [0, 0.05) is 16.9 Å². The van der Waals surface area contributed by atoms with Crippen LogP contribution in [0.1, 0.15) is 18.9 Å². The van der Waals surface area contributed by atoms with Gasteiger partial charge in [-0.3, -0.25) is 0 Å². The van der Waals surface area contributed by atoms with Crippen molar-refractivity contribution in [2.24, 2.45) is 0 Å². The van der Waals surface area contributed by atoms with Crippen molar-refractivity contribution in [1.82, 2.24) is 0 Å². The van der Waals surface area contributed by atoms with Crippen LogP contribution in [0, 0.1) is 0 Å². The molecule has 0 aliphatic heterocycles. The van der Waals surface area contributed by atoms with Gasteiger partial charge in [0.2, 0.25) is 0 Å². The number of anilines is 1. The van der Waals surface area contributed by atoms with E-state index in [0.717, 1.165) is 31.0 Å². The van der Waals surface area contributed by atoms with E-state index < -0.39 is 0 Å². The quantitative estimate of drug-likeness (QED) is 0.666. The Morgan fingerprint density at radius 3 is 2.71 bits per heavy atom. The van der Waals surface area contributed by atoms with Crippen LogP contribution in [0.3, 0.4) is 0 Å². The first-order valence-corrected chi connectivity index (χ1v) is 8.16. The lowest BCUT2D eigenvalue weighted by Gasteiger charge is -2.08. The lowest BCUT2D eigenvalue weighted by molar-refractivity contribution is 0.317. The van der Waals surface area contributed by atoms with Gasteiger partial charge in [-0.25, -0.2) is 0 Å². The van der Waals surface area contributed by atoms with Gasteiger partial charge < -0.3 is 10.1 Å². The maximum atomic E-state index is 5.59. The van der Waals surface area contributed by atoms with E-state index in [4.69, 9.17) is 4.74 Å². The van der Waals surface area contributed by atoms with Crippen LogP contribution in [0.15, 0.2) is 53.9 Å². The minimum absolute atomic E-state index is 0.776. The standard InChI is InChI=1S/C18H19NOS/c1-2-10-20-17-6-3-14(4-7-17)13-19-16-5-8-18-15(12-16)9-11-21-18/h3-9,11-12,19H,2,10,13H2,1H3. The highest BCUT2D eigenvalue weighted by molar-refractivity contribution is 7.17. The van der Waals surface area contributed by atoms with Crippen LogP contribution in [-0.4, -0.2) is 6.61 Å². The van der Waals surface area contributed by atoms with E-state index in [1.165, 1.54) is 15.6 Å². The average molecular weight is 297 g/mol. The van der Waals surface area contributed by atoms with Crippen molar-refractivity contribution in [2.75, 3.05) is 11.9 Å². The topological polar surface area (TPSA) is 21.3 Å². The number of thiophene rings is 1. The third-order valence-electron chi connectivity index (χ3n) is 3.35. The van der Waals surface area contributed by atoms with Crippen LogP contribution < -0.4 is 10.1 Å². The monoisotopic (exact) mass is 297 g/mol. The van der Waals surface area contributed by atoms with Crippen LogP contribution in [0.25, 0.3) is 10.1 Å². The maximum Gasteiger partial charge on any atom is 0.119 e. The molecular weight excluding hydrogens is 278 g/mol. The van der Waals surface area contributed by atoms with Crippen molar-refractivity contribution in [2.45, 2.75) is 19.9 Å². The summed E-state index contributed by atoms with van der Waals surface area (Å²) in [7, 11) is 0. The summed E-state index contributed by atoms with van der Waals surface area (Å²) in [6.07, 6.45) is 1.04. The molecule has 3 heteroatoms. The molecule has 0 saturated carbocycles. The second-order valence-electron chi connectivity index (χ2n) is 5.02. The molecule has 108 valence electrons. The zero-order chi connectivity index (χ0) is 14.5. The SMILES string of the molecule is CCCOc1ccc(CNc2ccc3sccc3c2)cc1. The second-order valence-corrected chi connectivity index (χ2v) is 5.97. The molecule has 1 N–H and O–H groups in total. The summed E-state index contributed by atoms with van der Waals surface area (Å²) in [4.78, 5) is 0. The van der Waals surface area contributed by atoms with Crippen molar-refractivity contribution in [3.05, 3.63) is 59.5 Å². The van der Waals surface area contributed by atoms with E-state index in [1.807, 2.05) is 12.1 Å². The van der Waals surface area contributed by atoms with Gasteiger partial charge in [-0.2, -0.15) is 0 Å². The Bertz CT molecular complexity index is 703. The number of rotatable bonds is 6. The summed E-state index contributed by atoms with van der Waals surface area (Å²) in [6.45, 7) is 3.71. The molecule has 0 saturated heterocycles. The van der Waals surface area contributed by atoms with E-state index in [2.05, 4.69) is 54.0 Å². The molecule has 21 heavy (non-hydrogen) atoms. The summed E-state index contributed by atoms with van der Waals surface area (Å²) >= 11 is 1.78. The zero-order valence-electron chi connectivity index (χ0n) is 12.1. The molecule has 0 fully saturated rings. The van der Waals surface area contributed by atoms with E-state index in [9.17, 15) is 0 Å². The third-order valence-corrected chi connectivity index (χ3v) is 4.24. The highest BCUT2D eigenvalue weighted by Crippen LogP contribution is 2.24. The van der Waals surface area contributed by atoms with E-state index in [0.29, 0.717) is 0 Å². The fourth-order valence-electron chi connectivity index (χ4n) is 2.20. The molecule has 0 aliphatic carbocycles. The van der Waals surface area contributed by atoms with Crippen molar-refractivity contribution < 1.29 is 4.74 Å². The first-order chi connectivity index (χ1) is 10.3. The maximum absolute atomic E-state index is 5.59. The Labute approximate surface area is 129 Å². The Balaban J connectivity index is 1.61. The summed E-state index contributed by atoms with van der Waals surface area (Å²) in [5, 5.41) is 6.90. The predicted octanol–water partition coefficient (Wildman–Crippen LogP) is 5.30. The average Bonchev–Trinajstić information content (AvgIpc) is 2.99. The van der Waals surface area contributed by atoms with Crippen LogP contribution in [0.2, 0.25) is 0 Å². The van der Waals surface area contributed by atoms with Crippen molar-refractivity contribution in [3.63, 3.8) is 0 Å². The molecule has 2 aromatic carbocycles. The Morgan fingerprint density at radius 1 is 1.05 bits per heavy atom. The number of fused-ring (bicyclic) bond motifs is 1. The minimum Gasteiger partial charge on any atom is -0.494 e. The molecule has 0 atom stereocenters. The summed E-state index contributed by atoms with van der Waals surface area (Å²) < 4.78 is 6.92. The largest absolute Gasteiger partial charge is 0.494 e. The van der Waals surface area contributed by atoms with Crippen LogP contribution in [-0.2, 0) is 6.54 Å². The summed E-state index contributed by atoms with van der Waals surface area (Å²) in [6, 6.07) is 17.0. The second kappa shape index (κ2) is 6.64. The van der Waals surface area contributed by atoms with Gasteiger partial charge in [0.15, 0.2) is 0 Å². The lowest BCUT2D eigenvalue weighted by atomic mass is 10.2. The van der Waals surface area contributed by atoms with Crippen molar-refractivity contribution >= 4 is 27.1 Å². The van der Waals surface area contributed by atoms with Gasteiger partial charge in [0.05, 0.1) is 6.61 Å². The molecular formula is C18H19NOS. The number of ether oxygens (including phenoxy) is 1. The molecule has 0 spiro atoms. The van der Waals surface area contributed by atoms with Gasteiger partial charge in [-0.05, 0) is 59.1 Å². The molecule has 0 radical (unpaired) electrons. The van der Waals surface area contributed by atoms with Crippen LogP contribution in [0.4, 0.5) is 5.69 Å². The normalized spacial score (nSPS) is 10.7. The first-order valence-electron chi connectivity index (χ1n) is 7.28. The van der Waals surface area contributed by atoms with Gasteiger partial charge >= 0.3 is 0 Å². The predicted molar refractivity (Wildman–Crippen MR) is 91.4 cm³/mol. The van der Waals surface area contributed by atoms with Crippen molar-refractivity contribution in [3.8, 4) is 5.75 Å². The Morgan fingerprint density at radius 2 is 1.90 bits per heavy atom. The van der Waals surface area contributed by atoms with Crippen LogP contribution >= 0.6 is 11.3 Å². The molecule has 0 unspecified atom stereocenters. The number of nitrogens with one attached hydrogen (secondary N) is 1. The number of benzene rings is 2. The molecule has 0 bridgehead atoms. The fraction of sp³-hybridized carbons (Fsp3) is 0.222. The van der Waals surface area contributed by atoms with Gasteiger partial charge in [-0.1, -0.05) is 19.1 Å². The first kappa shape index (κ1) is 14.0. The molecule has 3 aromatic rings. The van der Waals surface area contributed by atoms with E-state index in [-0.39, 0.29) is 0 Å². The van der Waals surface area contributed by atoms with E-state index >= 15 is 0 Å². The highest BCUT2D eigenvalue weighted by atomic mass is 32.1. The van der Waals surface area contributed by atoms with Gasteiger partial charge in [0.1, 0.15) is 5.75 Å². The Hall–Kier alpha value is -2.00. The smallest absolute Gasteiger partial charge is 0.119 e. The molecule has 0 amide bonds. The molecule has 1 aromatic heterocycles. The Kier molecular flexibility index (Phi) is 4.41. The third kappa shape index (κ3) is 3.56. The molecule has 1 heterocycles. The number of hydrogen-bond donors (Lipinski definition) is 1. The molecule has 3 rings (SSSR count).